The van der Waals surface area contributed by atoms with Crippen LogP contribution in [0.5, 0.6) is 0 Å². The van der Waals surface area contributed by atoms with Crippen LogP contribution >= 0.6 is 0 Å². The third-order valence-corrected chi connectivity index (χ3v) is 4.13. The Morgan fingerprint density at radius 1 is 1.22 bits per heavy atom. The van der Waals surface area contributed by atoms with E-state index in [1.807, 2.05) is 17.5 Å². The second-order valence-electron chi connectivity index (χ2n) is 5.89. The monoisotopic (exact) mass is 318 g/mol. The Kier molecular flexibility index (Phi) is 2.81. The van der Waals surface area contributed by atoms with Gasteiger partial charge in [0.2, 0.25) is 0 Å². The molecule has 1 saturated heterocycles. The fourth-order valence-corrected chi connectivity index (χ4v) is 2.52. The quantitative estimate of drug-likeness (QED) is 0.738. The van der Waals surface area contributed by atoms with E-state index in [1.54, 1.807) is 12.4 Å². The highest BCUT2D eigenvalue weighted by molar-refractivity contribution is 5.74. The maximum atomic E-state index is 12.7. The van der Waals surface area contributed by atoms with E-state index in [9.17, 15) is 13.2 Å². The summed E-state index contributed by atoms with van der Waals surface area (Å²) in [5.41, 5.74) is 1.80. The maximum Gasteiger partial charge on any atom is 0.416 e. The minimum absolute atomic E-state index is 0.181. The molecule has 23 heavy (non-hydrogen) atoms. The first-order valence-corrected chi connectivity index (χ1v) is 7.14. The van der Waals surface area contributed by atoms with Gasteiger partial charge in [-0.15, -0.1) is 0 Å². The number of aromatic nitrogens is 3. The van der Waals surface area contributed by atoms with E-state index in [1.165, 1.54) is 12.1 Å². The summed E-state index contributed by atoms with van der Waals surface area (Å²) in [6.07, 6.45) is 1.01. The van der Waals surface area contributed by atoms with Crippen LogP contribution < -0.4 is 5.32 Å². The Hall–Kier alpha value is -2.41. The maximum absolute atomic E-state index is 12.7. The molecule has 1 aromatic carbocycles. The minimum atomic E-state index is -4.35. The fourth-order valence-electron chi connectivity index (χ4n) is 2.52. The number of imidazole rings is 1. The van der Waals surface area contributed by atoms with Crippen molar-refractivity contribution >= 4 is 5.65 Å². The predicted molar refractivity (Wildman–Crippen MR) is 78.8 cm³/mol. The Morgan fingerprint density at radius 3 is 2.52 bits per heavy atom. The van der Waals surface area contributed by atoms with E-state index in [0.29, 0.717) is 16.9 Å². The first-order chi connectivity index (χ1) is 10.9. The molecular weight excluding hydrogens is 305 g/mol. The number of hydrogen-bond acceptors (Lipinski definition) is 3. The van der Waals surface area contributed by atoms with Crippen LogP contribution in [0.2, 0.25) is 0 Å². The van der Waals surface area contributed by atoms with Crippen molar-refractivity contribution < 1.29 is 13.2 Å². The molecule has 1 unspecified atom stereocenters. The van der Waals surface area contributed by atoms with Crippen molar-refractivity contribution in [2.45, 2.75) is 18.6 Å². The summed E-state index contributed by atoms with van der Waals surface area (Å²) < 4.78 is 40.0. The lowest BCUT2D eigenvalue weighted by Crippen LogP contribution is -2.12. The molecule has 3 aromatic rings. The van der Waals surface area contributed by atoms with Gasteiger partial charge >= 0.3 is 6.18 Å². The summed E-state index contributed by atoms with van der Waals surface area (Å²) in [7, 11) is 0. The van der Waals surface area contributed by atoms with Crippen LogP contribution in [-0.4, -0.2) is 20.9 Å². The molecule has 118 valence electrons. The molecule has 0 amide bonds. The molecule has 3 heterocycles. The molecule has 4 rings (SSSR count). The van der Waals surface area contributed by atoms with E-state index in [0.717, 1.165) is 24.4 Å². The van der Waals surface area contributed by atoms with Gasteiger partial charge in [-0.25, -0.2) is 9.97 Å². The normalized spacial score (nSPS) is 20.9. The number of halogens is 3. The van der Waals surface area contributed by atoms with Crippen LogP contribution in [0.15, 0.2) is 42.9 Å². The van der Waals surface area contributed by atoms with Crippen LogP contribution in [0.1, 0.15) is 18.2 Å². The van der Waals surface area contributed by atoms with Crippen LogP contribution in [0.3, 0.4) is 0 Å². The molecule has 1 atom stereocenters. The molecule has 0 aliphatic carbocycles. The lowest BCUT2D eigenvalue weighted by molar-refractivity contribution is -0.137. The van der Waals surface area contributed by atoms with E-state index in [2.05, 4.69) is 15.3 Å². The van der Waals surface area contributed by atoms with Crippen molar-refractivity contribution in [2.24, 2.45) is 0 Å². The molecule has 0 radical (unpaired) electrons. The van der Waals surface area contributed by atoms with Crippen LogP contribution in [-0.2, 0) is 11.7 Å². The van der Waals surface area contributed by atoms with Crippen molar-refractivity contribution in [3.8, 4) is 11.3 Å². The van der Waals surface area contributed by atoms with Gasteiger partial charge in [0.05, 0.1) is 16.8 Å². The fraction of sp³-hybridized carbons (Fsp3) is 0.250. The molecule has 4 nitrogen and oxygen atoms in total. The first-order valence-electron chi connectivity index (χ1n) is 7.14. The number of rotatable bonds is 2. The van der Waals surface area contributed by atoms with Gasteiger partial charge in [-0.1, -0.05) is 12.1 Å². The third-order valence-electron chi connectivity index (χ3n) is 4.13. The topological polar surface area (TPSA) is 52.1 Å². The van der Waals surface area contributed by atoms with Gasteiger partial charge in [0.1, 0.15) is 5.69 Å². The minimum Gasteiger partial charge on any atom is -0.303 e. The molecule has 0 spiro atoms. The standard InChI is InChI=1S/C16H13F3N4/c1-15(9-21-15)12-8-23-7-6-20-14(23)13(22-12)10-2-4-11(5-3-10)16(17,18)19/h2-8,21H,9H2,1H3. The van der Waals surface area contributed by atoms with Crippen molar-refractivity contribution in [3.63, 3.8) is 0 Å². The summed E-state index contributed by atoms with van der Waals surface area (Å²) in [5, 5.41) is 3.25. The SMILES string of the molecule is CC1(c2cn3ccnc3c(-c3ccc(C(F)(F)F)cc3)n2)CN1. The molecule has 0 saturated carbocycles. The van der Waals surface area contributed by atoms with Gasteiger partial charge in [0, 0.05) is 30.7 Å². The Labute approximate surface area is 130 Å². The van der Waals surface area contributed by atoms with Crippen molar-refractivity contribution in [1.82, 2.24) is 19.7 Å². The summed E-state index contributed by atoms with van der Waals surface area (Å²) in [4.78, 5) is 8.91. The molecule has 7 heteroatoms. The van der Waals surface area contributed by atoms with Gasteiger partial charge in [0.25, 0.3) is 0 Å². The molecule has 0 bridgehead atoms. The zero-order valence-corrected chi connectivity index (χ0v) is 12.2. The molecule has 1 N–H and O–H groups in total. The van der Waals surface area contributed by atoms with E-state index < -0.39 is 11.7 Å². The molecular formula is C16H13F3N4. The van der Waals surface area contributed by atoms with Gasteiger partial charge in [-0.3, -0.25) is 0 Å². The van der Waals surface area contributed by atoms with E-state index >= 15 is 0 Å². The molecule has 1 aliphatic heterocycles. The summed E-state index contributed by atoms with van der Waals surface area (Å²) in [5.74, 6) is 0. The van der Waals surface area contributed by atoms with Crippen LogP contribution in [0.25, 0.3) is 16.9 Å². The summed E-state index contributed by atoms with van der Waals surface area (Å²) in [6, 6.07) is 5.01. The highest BCUT2D eigenvalue weighted by Crippen LogP contribution is 2.33. The molecule has 1 aliphatic rings. The van der Waals surface area contributed by atoms with Crippen molar-refractivity contribution in [2.75, 3.05) is 6.54 Å². The summed E-state index contributed by atoms with van der Waals surface area (Å²) in [6.45, 7) is 2.86. The average Bonchev–Trinajstić information content (AvgIpc) is 3.09. The van der Waals surface area contributed by atoms with Gasteiger partial charge in [0.15, 0.2) is 5.65 Å². The number of nitrogens with one attached hydrogen (secondary N) is 1. The molecule has 2 aromatic heterocycles. The zero-order valence-electron chi connectivity index (χ0n) is 12.2. The smallest absolute Gasteiger partial charge is 0.303 e. The molecule has 1 fully saturated rings. The second kappa shape index (κ2) is 4.55. The second-order valence-corrected chi connectivity index (χ2v) is 5.89. The lowest BCUT2D eigenvalue weighted by atomic mass is 10.1. The van der Waals surface area contributed by atoms with Crippen LogP contribution in [0.4, 0.5) is 13.2 Å². The van der Waals surface area contributed by atoms with Gasteiger partial charge < -0.3 is 9.72 Å². The average molecular weight is 318 g/mol. The third kappa shape index (κ3) is 2.37. The first kappa shape index (κ1) is 14.2. The van der Waals surface area contributed by atoms with Crippen molar-refractivity contribution in [3.05, 3.63) is 54.1 Å². The van der Waals surface area contributed by atoms with Crippen LogP contribution in [0, 0.1) is 0 Å². The number of nitrogens with zero attached hydrogens (tertiary/aromatic N) is 3. The van der Waals surface area contributed by atoms with E-state index in [4.69, 9.17) is 0 Å². The number of alkyl halides is 3. The number of fused-ring (bicyclic) bond motifs is 1. The van der Waals surface area contributed by atoms with Gasteiger partial charge in [-0.05, 0) is 19.1 Å². The number of hydrogen-bond donors (Lipinski definition) is 1. The largest absolute Gasteiger partial charge is 0.416 e. The Morgan fingerprint density at radius 2 is 1.91 bits per heavy atom. The summed E-state index contributed by atoms with van der Waals surface area (Å²) >= 11 is 0. The Balaban J connectivity index is 1.86. The highest BCUT2D eigenvalue weighted by Gasteiger charge is 2.40. The Bertz CT molecular complexity index is 876. The lowest BCUT2D eigenvalue weighted by Gasteiger charge is -2.12. The van der Waals surface area contributed by atoms with Crippen molar-refractivity contribution in [1.29, 1.82) is 0 Å². The zero-order chi connectivity index (χ0) is 16.2. The predicted octanol–water partition coefficient (Wildman–Crippen LogP) is 3.23. The number of benzene rings is 1. The highest BCUT2D eigenvalue weighted by atomic mass is 19.4. The van der Waals surface area contributed by atoms with E-state index in [-0.39, 0.29) is 5.54 Å². The van der Waals surface area contributed by atoms with Gasteiger partial charge in [-0.2, -0.15) is 13.2 Å².